The van der Waals surface area contributed by atoms with E-state index in [9.17, 15) is 4.79 Å². The van der Waals surface area contributed by atoms with E-state index in [0.29, 0.717) is 23.7 Å². The summed E-state index contributed by atoms with van der Waals surface area (Å²) in [5, 5.41) is -0.397. The Hall–Kier alpha value is -1.42. The van der Waals surface area contributed by atoms with Crippen molar-refractivity contribution in [3.8, 4) is 17.2 Å². The number of rotatable bonds is 6. The van der Waals surface area contributed by atoms with Crippen molar-refractivity contribution in [1.29, 1.82) is 0 Å². The molecule has 0 aromatic heterocycles. The van der Waals surface area contributed by atoms with Gasteiger partial charge < -0.3 is 14.2 Å². The maximum absolute atomic E-state index is 11.4. The Bertz CT molecular complexity index is 406. The smallest absolute Gasteiger partial charge is 0.229 e. The van der Waals surface area contributed by atoms with Crippen LogP contribution in [-0.2, 0) is 4.79 Å². The van der Waals surface area contributed by atoms with Gasteiger partial charge >= 0.3 is 0 Å². The highest BCUT2D eigenvalue weighted by atomic mass is 35.5. The first-order valence-corrected chi connectivity index (χ1v) is 5.96. The predicted molar refractivity (Wildman–Crippen MR) is 70.0 cm³/mol. The minimum atomic E-state index is -0.397. The molecule has 0 aliphatic carbocycles. The van der Waals surface area contributed by atoms with Crippen molar-refractivity contribution in [2.45, 2.75) is 19.3 Å². The highest BCUT2D eigenvalue weighted by Crippen LogP contribution is 2.40. The van der Waals surface area contributed by atoms with Crippen LogP contribution < -0.4 is 14.2 Å². The quantitative estimate of drug-likeness (QED) is 0.747. The molecule has 0 unspecified atom stereocenters. The predicted octanol–water partition coefficient (Wildman–Crippen LogP) is 2.97. The minimum Gasteiger partial charge on any atom is -0.493 e. The van der Waals surface area contributed by atoms with Gasteiger partial charge in [0.15, 0.2) is 11.5 Å². The highest BCUT2D eigenvalue weighted by Gasteiger charge is 2.21. The molecule has 0 amide bonds. The fraction of sp³-hybridized carbons (Fsp3) is 0.462. The van der Waals surface area contributed by atoms with E-state index in [-0.39, 0.29) is 5.92 Å². The summed E-state index contributed by atoms with van der Waals surface area (Å²) in [6.07, 6.45) is 0.612. The van der Waals surface area contributed by atoms with E-state index in [2.05, 4.69) is 0 Å². The van der Waals surface area contributed by atoms with E-state index in [1.165, 1.54) is 21.3 Å². The molecule has 0 aliphatic rings. The first-order chi connectivity index (χ1) is 8.58. The first-order valence-electron chi connectivity index (χ1n) is 5.58. The summed E-state index contributed by atoms with van der Waals surface area (Å²) in [5.41, 5.74) is 0.756. The van der Waals surface area contributed by atoms with E-state index in [4.69, 9.17) is 25.8 Å². The summed E-state index contributed by atoms with van der Waals surface area (Å²) >= 11 is 5.59. The number of halogens is 1. The zero-order chi connectivity index (χ0) is 13.7. The van der Waals surface area contributed by atoms with Gasteiger partial charge in [0.05, 0.1) is 27.2 Å². The Labute approximate surface area is 112 Å². The van der Waals surface area contributed by atoms with Crippen molar-refractivity contribution >= 4 is 16.8 Å². The normalized spacial score (nSPS) is 11.8. The van der Waals surface area contributed by atoms with Gasteiger partial charge in [-0.1, -0.05) is 6.92 Å². The van der Waals surface area contributed by atoms with Crippen molar-refractivity contribution in [3.05, 3.63) is 17.7 Å². The number of hydrogen-bond donors (Lipinski definition) is 0. The molecule has 100 valence electrons. The second-order valence-electron chi connectivity index (χ2n) is 3.72. The molecule has 4 nitrogen and oxygen atoms in total. The molecule has 0 saturated carbocycles. The van der Waals surface area contributed by atoms with Gasteiger partial charge in [-0.15, -0.1) is 0 Å². The van der Waals surface area contributed by atoms with E-state index in [1.54, 1.807) is 12.1 Å². The van der Waals surface area contributed by atoms with Crippen LogP contribution in [0.3, 0.4) is 0 Å². The molecule has 18 heavy (non-hydrogen) atoms. The van der Waals surface area contributed by atoms with Crippen LogP contribution in [0, 0.1) is 0 Å². The highest BCUT2D eigenvalue weighted by molar-refractivity contribution is 6.64. The minimum absolute atomic E-state index is 0.375. The summed E-state index contributed by atoms with van der Waals surface area (Å²) in [4.78, 5) is 11.4. The van der Waals surface area contributed by atoms with E-state index >= 15 is 0 Å². The number of carbonyl (C=O) groups excluding carboxylic acids is 1. The van der Waals surface area contributed by atoms with Crippen LogP contribution in [0.1, 0.15) is 24.8 Å². The molecule has 1 aromatic rings. The summed E-state index contributed by atoms with van der Waals surface area (Å²) in [5.74, 6) is 1.16. The zero-order valence-corrected chi connectivity index (χ0v) is 11.7. The fourth-order valence-electron chi connectivity index (χ4n) is 1.83. The maximum atomic E-state index is 11.4. The second-order valence-corrected chi connectivity index (χ2v) is 4.10. The monoisotopic (exact) mass is 272 g/mol. The van der Waals surface area contributed by atoms with Gasteiger partial charge in [0.1, 0.15) is 0 Å². The average Bonchev–Trinajstić information content (AvgIpc) is 2.37. The number of benzene rings is 1. The molecule has 1 aromatic carbocycles. The van der Waals surface area contributed by atoms with E-state index in [1.807, 2.05) is 6.92 Å². The first kappa shape index (κ1) is 14.6. The third-order valence-electron chi connectivity index (χ3n) is 2.77. The molecule has 1 atom stereocenters. The summed E-state index contributed by atoms with van der Waals surface area (Å²) in [6.45, 7) is 1.90. The lowest BCUT2D eigenvalue weighted by atomic mass is 9.97. The van der Waals surface area contributed by atoms with Crippen molar-refractivity contribution in [3.63, 3.8) is 0 Å². The second kappa shape index (κ2) is 6.50. The van der Waals surface area contributed by atoms with Gasteiger partial charge in [0, 0.05) is 0 Å². The fourth-order valence-corrected chi connectivity index (χ4v) is 2.11. The molecule has 0 spiro atoms. The number of ether oxygens (including phenoxy) is 3. The third kappa shape index (κ3) is 2.88. The molecule has 5 heteroatoms. The lowest BCUT2D eigenvalue weighted by Gasteiger charge is -2.17. The molecule has 0 N–H and O–H groups in total. The molecule has 0 bridgehead atoms. The van der Waals surface area contributed by atoms with E-state index < -0.39 is 5.24 Å². The van der Waals surface area contributed by atoms with Gasteiger partial charge in [-0.25, -0.2) is 0 Å². The molecule has 0 fully saturated rings. The molecule has 0 heterocycles. The largest absolute Gasteiger partial charge is 0.493 e. The number of methoxy groups -OCH3 is 3. The Morgan fingerprint density at radius 3 is 1.94 bits per heavy atom. The van der Waals surface area contributed by atoms with Crippen LogP contribution in [0.4, 0.5) is 0 Å². The molecule has 1 rings (SSSR count). The van der Waals surface area contributed by atoms with Gasteiger partial charge in [-0.2, -0.15) is 0 Å². The Morgan fingerprint density at radius 1 is 1.17 bits per heavy atom. The standard InChI is InChI=1S/C13H17ClO4/c1-5-9(13(14)15)8-6-10(16-2)12(18-4)11(7-8)17-3/h6-7,9H,5H2,1-4H3/t9-/m0/s1. The third-order valence-corrected chi connectivity index (χ3v) is 3.04. The maximum Gasteiger partial charge on any atom is 0.229 e. The van der Waals surface area contributed by atoms with Gasteiger partial charge in [0.2, 0.25) is 11.0 Å². The molecule has 0 saturated heterocycles. The van der Waals surface area contributed by atoms with Crippen molar-refractivity contribution in [2.75, 3.05) is 21.3 Å². The van der Waals surface area contributed by atoms with Crippen LogP contribution in [0.15, 0.2) is 12.1 Å². The topological polar surface area (TPSA) is 44.8 Å². The van der Waals surface area contributed by atoms with Crippen molar-refractivity contribution < 1.29 is 19.0 Å². The van der Waals surface area contributed by atoms with Gasteiger partial charge in [-0.3, -0.25) is 4.79 Å². The van der Waals surface area contributed by atoms with E-state index in [0.717, 1.165) is 5.56 Å². The Kier molecular flexibility index (Phi) is 5.28. The SMILES string of the molecule is CC[C@H](C(=O)Cl)c1cc(OC)c(OC)c(OC)c1. The molecular weight excluding hydrogens is 256 g/mol. The van der Waals surface area contributed by atoms with Crippen LogP contribution >= 0.6 is 11.6 Å². The van der Waals surface area contributed by atoms with Gasteiger partial charge in [0.25, 0.3) is 0 Å². The number of carbonyl (C=O) groups is 1. The number of hydrogen-bond acceptors (Lipinski definition) is 4. The Morgan fingerprint density at radius 2 is 1.67 bits per heavy atom. The summed E-state index contributed by atoms with van der Waals surface area (Å²) < 4.78 is 15.7. The molecular formula is C13H17ClO4. The lowest BCUT2D eigenvalue weighted by molar-refractivity contribution is -0.113. The van der Waals surface area contributed by atoms with Crippen LogP contribution in [0.2, 0.25) is 0 Å². The summed E-state index contributed by atoms with van der Waals surface area (Å²) in [6, 6.07) is 3.49. The Balaban J connectivity index is 3.34. The summed E-state index contributed by atoms with van der Waals surface area (Å²) in [7, 11) is 4.60. The molecule has 0 radical (unpaired) electrons. The zero-order valence-electron chi connectivity index (χ0n) is 11.0. The van der Waals surface area contributed by atoms with Gasteiger partial charge in [-0.05, 0) is 35.7 Å². The van der Waals surface area contributed by atoms with Crippen LogP contribution in [-0.4, -0.2) is 26.6 Å². The van der Waals surface area contributed by atoms with Crippen LogP contribution in [0.25, 0.3) is 0 Å². The van der Waals surface area contributed by atoms with Crippen molar-refractivity contribution in [1.82, 2.24) is 0 Å². The average molecular weight is 273 g/mol. The molecule has 0 aliphatic heterocycles. The van der Waals surface area contributed by atoms with Crippen LogP contribution in [0.5, 0.6) is 17.2 Å². The van der Waals surface area contributed by atoms with Crippen molar-refractivity contribution in [2.24, 2.45) is 0 Å². The lowest BCUT2D eigenvalue weighted by Crippen LogP contribution is -2.07.